The van der Waals surface area contributed by atoms with Crippen molar-refractivity contribution in [2.24, 2.45) is 5.73 Å². The highest BCUT2D eigenvalue weighted by atomic mass is 35.5. The molecule has 1 fully saturated rings. The average Bonchev–Trinajstić information content (AvgIpc) is 2.94. The van der Waals surface area contributed by atoms with Crippen molar-refractivity contribution < 1.29 is 0 Å². The number of benzene rings is 1. The van der Waals surface area contributed by atoms with Crippen LogP contribution < -0.4 is 5.73 Å². The van der Waals surface area contributed by atoms with Gasteiger partial charge in [0.2, 0.25) is 0 Å². The van der Waals surface area contributed by atoms with E-state index in [1.807, 2.05) is 6.07 Å². The molecule has 1 aliphatic carbocycles. The molecule has 1 nitrogen and oxygen atoms in total. The molecule has 2 heteroatoms. The molecule has 0 saturated heterocycles. The van der Waals surface area contributed by atoms with Crippen LogP contribution >= 0.6 is 11.6 Å². The number of halogens is 1. The van der Waals surface area contributed by atoms with Crippen LogP contribution in [0.4, 0.5) is 0 Å². The van der Waals surface area contributed by atoms with Gasteiger partial charge in [-0.1, -0.05) is 31.5 Å². The number of rotatable bonds is 4. The van der Waals surface area contributed by atoms with Crippen molar-refractivity contribution in [1.82, 2.24) is 0 Å². The first-order valence-corrected chi connectivity index (χ1v) is 6.45. The fraction of sp³-hybridized carbons (Fsp3) is 0.571. The van der Waals surface area contributed by atoms with Crippen LogP contribution in [-0.2, 0) is 6.42 Å². The lowest BCUT2D eigenvalue weighted by atomic mass is 9.93. The van der Waals surface area contributed by atoms with Gasteiger partial charge in [-0.2, -0.15) is 0 Å². The van der Waals surface area contributed by atoms with Crippen LogP contribution in [0.15, 0.2) is 18.2 Å². The second-order valence-electron chi connectivity index (χ2n) is 5.36. The third-order valence-corrected chi connectivity index (χ3v) is 3.75. The topological polar surface area (TPSA) is 26.0 Å². The lowest BCUT2D eigenvalue weighted by Gasteiger charge is -2.15. The Bertz CT molecular complexity index is 380. The first kappa shape index (κ1) is 11.9. The number of hydrogen-bond acceptors (Lipinski definition) is 1. The Morgan fingerprint density at radius 3 is 2.62 bits per heavy atom. The first-order valence-electron chi connectivity index (χ1n) is 6.07. The van der Waals surface area contributed by atoms with Crippen LogP contribution in [0.5, 0.6) is 0 Å². The maximum Gasteiger partial charge on any atom is 0.0408 e. The predicted molar refractivity (Wildman–Crippen MR) is 70.0 cm³/mol. The monoisotopic (exact) mass is 237 g/mol. The van der Waals surface area contributed by atoms with Gasteiger partial charge in [-0.25, -0.2) is 0 Å². The van der Waals surface area contributed by atoms with E-state index in [9.17, 15) is 0 Å². The Morgan fingerprint density at radius 2 is 2.06 bits per heavy atom. The summed E-state index contributed by atoms with van der Waals surface area (Å²) >= 11 is 6.06. The maximum atomic E-state index is 6.13. The van der Waals surface area contributed by atoms with Gasteiger partial charge in [-0.05, 0) is 54.9 Å². The van der Waals surface area contributed by atoms with Crippen LogP contribution in [0.25, 0.3) is 0 Å². The Morgan fingerprint density at radius 1 is 1.38 bits per heavy atom. The molecule has 0 heterocycles. The standard InChI is InChI=1S/C14H20ClN/c1-10(2)13-4-3-12(15)9-11(13)5-6-14(16)7-8-14/h3-4,9-10H,5-8,16H2,1-2H3. The van der Waals surface area contributed by atoms with E-state index in [-0.39, 0.29) is 5.54 Å². The Balaban J connectivity index is 2.13. The van der Waals surface area contributed by atoms with E-state index >= 15 is 0 Å². The second kappa shape index (κ2) is 4.38. The highest BCUT2D eigenvalue weighted by Crippen LogP contribution is 2.37. The fourth-order valence-corrected chi connectivity index (χ4v) is 2.34. The third kappa shape index (κ3) is 2.78. The highest BCUT2D eigenvalue weighted by molar-refractivity contribution is 6.30. The molecule has 2 N–H and O–H groups in total. The second-order valence-corrected chi connectivity index (χ2v) is 5.80. The largest absolute Gasteiger partial charge is 0.325 e. The average molecular weight is 238 g/mol. The smallest absolute Gasteiger partial charge is 0.0408 e. The zero-order chi connectivity index (χ0) is 11.8. The Kier molecular flexibility index (Phi) is 3.27. The summed E-state index contributed by atoms with van der Waals surface area (Å²) in [5, 5.41) is 0.835. The molecule has 2 rings (SSSR count). The number of hydrogen-bond donors (Lipinski definition) is 1. The van der Waals surface area contributed by atoms with Gasteiger partial charge in [0.1, 0.15) is 0 Å². The molecular weight excluding hydrogens is 218 g/mol. The minimum absolute atomic E-state index is 0.135. The summed E-state index contributed by atoms with van der Waals surface area (Å²) in [7, 11) is 0. The molecule has 16 heavy (non-hydrogen) atoms. The van der Waals surface area contributed by atoms with Crippen molar-refractivity contribution >= 4 is 11.6 Å². The minimum Gasteiger partial charge on any atom is -0.325 e. The van der Waals surface area contributed by atoms with Crippen LogP contribution in [0.1, 0.15) is 50.2 Å². The Hall–Kier alpha value is -0.530. The summed E-state index contributed by atoms with van der Waals surface area (Å²) in [4.78, 5) is 0. The summed E-state index contributed by atoms with van der Waals surface area (Å²) in [6.07, 6.45) is 4.52. The lowest BCUT2D eigenvalue weighted by molar-refractivity contribution is 0.605. The minimum atomic E-state index is 0.135. The van der Waals surface area contributed by atoms with Gasteiger partial charge >= 0.3 is 0 Å². The van der Waals surface area contributed by atoms with E-state index in [1.54, 1.807) is 0 Å². The molecule has 0 radical (unpaired) electrons. The fourth-order valence-electron chi connectivity index (χ4n) is 2.15. The van der Waals surface area contributed by atoms with Gasteiger partial charge in [0, 0.05) is 10.6 Å². The van der Waals surface area contributed by atoms with Crippen LogP contribution in [0.3, 0.4) is 0 Å². The molecule has 0 spiro atoms. The molecule has 0 bridgehead atoms. The molecule has 1 aromatic carbocycles. The van der Waals surface area contributed by atoms with Gasteiger partial charge in [-0.15, -0.1) is 0 Å². The van der Waals surface area contributed by atoms with E-state index in [1.165, 1.54) is 24.0 Å². The van der Waals surface area contributed by atoms with Gasteiger partial charge < -0.3 is 5.73 Å². The van der Waals surface area contributed by atoms with Crippen LogP contribution in [0.2, 0.25) is 5.02 Å². The van der Waals surface area contributed by atoms with Crippen molar-refractivity contribution in [2.45, 2.75) is 51.0 Å². The zero-order valence-electron chi connectivity index (χ0n) is 10.1. The quantitative estimate of drug-likeness (QED) is 0.845. The van der Waals surface area contributed by atoms with Crippen molar-refractivity contribution in [3.05, 3.63) is 34.3 Å². The molecule has 0 aromatic heterocycles. The molecule has 1 saturated carbocycles. The van der Waals surface area contributed by atoms with Crippen molar-refractivity contribution in [1.29, 1.82) is 0 Å². The summed E-state index contributed by atoms with van der Waals surface area (Å²) in [6, 6.07) is 6.23. The summed E-state index contributed by atoms with van der Waals surface area (Å²) in [5.74, 6) is 0.556. The van der Waals surface area contributed by atoms with Crippen LogP contribution in [0, 0.1) is 0 Å². The first-order chi connectivity index (χ1) is 7.50. The molecule has 0 aliphatic heterocycles. The van der Waals surface area contributed by atoms with E-state index in [2.05, 4.69) is 26.0 Å². The maximum absolute atomic E-state index is 6.13. The molecule has 88 valence electrons. The number of nitrogens with two attached hydrogens (primary N) is 1. The SMILES string of the molecule is CC(C)c1ccc(Cl)cc1CCC1(N)CC1. The molecule has 1 aliphatic rings. The van der Waals surface area contributed by atoms with E-state index in [0.29, 0.717) is 5.92 Å². The van der Waals surface area contributed by atoms with Gasteiger partial charge in [0.05, 0.1) is 0 Å². The summed E-state index contributed by atoms with van der Waals surface area (Å²) < 4.78 is 0. The van der Waals surface area contributed by atoms with Gasteiger partial charge in [0.25, 0.3) is 0 Å². The molecule has 0 amide bonds. The normalized spacial score (nSPS) is 17.8. The molecule has 0 atom stereocenters. The predicted octanol–water partition coefficient (Wildman–Crippen LogP) is 3.89. The zero-order valence-corrected chi connectivity index (χ0v) is 10.8. The summed E-state index contributed by atoms with van der Waals surface area (Å²) in [6.45, 7) is 4.45. The summed E-state index contributed by atoms with van der Waals surface area (Å²) in [5.41, 5.74) is 9.05. The number of aryl methyl sites for hydroxylation is 1. The van der Waals surface area contributed by atoms with E-state index in [4.69, 9.17) is 17.3 Å². The molecule has 1 aromatic rings. The Labute approximate surface area is 103 Å². The molecule has 0 unspecified atom stereocenters. The van der Waals surface area contributed by atoms with Crippen molar-refractivity contribution in [3.63, 3.8) is 0 Å². The van der Waals surface area contributed by atoms with E-state index < -0.39 is 0 Å². The van der Waals surface area contributed by atoms with Crippen LogP contribution in [-0.4, -0.2) is 5.54 Å². The molecular formula is C14H20ClN. The van der Waals surface area contributed by atoms with Crippen molar-refractivity contribution in [2.75, 3.05) is 0 Å². The lowest BCUT2D eigenvalue weighted by Crippen LogP contribution is -2.22. The third-order valence-electron chi connectivity index (χ3n) is 3.51. The van der Waals surface area contributed by atoms with E-state index in [0.717, 1.165) is 17.9 Å². The van der Waals surface area contributed by atoms with Gasteiger partial charge in [0.15, 0.2) is 0 Å². The van der Waals surface area contributed by atoms with Crippen molar-refractivity contribution in [3.8, 4) is 0 Å². The highest BCUT2D eigenvalue weighted by Gasteiger charge is 2.37. The van der Waals surface area contributed by atoms with Gasteiger partial charge in [-0.3, -0.25) is 0 Å².